The molecule has 1 saturated heterocycles. The average Bonchev–Trinajstić information content (AvgIpc) is 2.42. The van der Waals surface area contributed by atoms with Gasteiger partial charge in [0.1, 0.15) is 5.75 Å². The van der Waals surface area contributed by atoms with Crippen LogP contribution < -0.4 is 5.73 Å². The molecule has 1 aromatic carbocycles. The molecule has 22 heavy (non-hydrogen) atoms. The van der Waals surface area contributed by atoms with Crippen LogP contribution in [0.2, 0.25) is 0 Å². The van der Waals surface area contributed by atoms with E-state index in [1.54, 1.807) is 6.07 Å². The van der Waals surface area contributed by atoms with Crippen LogP contribution in [0.5, 0.6) is 5.75 Å². The molecule has 0 amide bonds. The van der Waals surface area contributed by atoms with E-state index in [1.165, 1.54) is 5.56 Å². The lowest BCUT2D eigenvalue weighted by atomic mass is 9.68. The van der Waals surface area contributed by atoms with Crippen LogP contribution >= 0.6 is 0 Å². The highest BCUT2D eigenvalue weighted by Gasteiger charge is 2.38. The zero-order valence-electron chi connectivity index (χ0n) is 14.5. The number of nitrogens with two attached hydrogens (primary N) is 1. The van der Waals surface area contributed by atoms with E-state index in [9.17, 15) is 5.11 Å². The van der Waals surface area contributed by atoms with Crippen molar-refractivity contribution >= 4 is 0 Å². The van der Waals surface area contributed by atoms with Crippen LogP contribution in [0.25, 0.3) is 0 Å². The van der Waals surface area contributed by atoms with E-state index < -0.39 is 0 Å². The fraction of sp³-hybridized carbons (Fsp3) is 0.684. The first kappa shape index (κ1) is 17.3. The predicted octanol–water partition coefficient (Wildman–Crippen LogP) is 3.37. The molecule has 124 valence electrons. The van der Waals surface area contributed by atoms with Gasteiger partial charge in [-0.3, -0.25) is 0 Å². The number of hydrogen-bond acceptors (Lipinski definition) is 3. The number of piperidine rings is 1. The molecule has 0 spiro atoms. The van der Waals surface area contributed by atoms with E-state index in [2.05, 4.69) is 38.7 Å². The van der Waals surface area contributed by atoms with E-state index in [1.807, 2.05) is 12.1 Å². The van der Waals surface area contributed by atoms with Crippen molar-refractivity contribution in [3.63, 3.8) is 0 Å². The van der Waals surface area contributed by atoms with Crippen LogP contribution in [0.1, 0.15) is 46.1 Å². The molecule has 1 aliphatic rings. The molecule has 1 fully saturated rings. The molecular weight excluding hydrogens is 272 g/mol. The molecule has 1 aliphatic heterocycles. The largest absolute Gasteiger partial charge is 0.508 e. The smallest absolute Gasteiger partial charge is 0.115 e. The van der Waals surface area contributed by atoms with Gasteiger partial charge in [-0.05, 0) is 54.3 Å². The van der Waals surface area contributed by atoms with Crippen molar-refractivity contribution in [1.29, 1.82) is 0 Å². The summed E-state index contributed by atoms with van der Waals surface area (Å²) in [5, 5.41) is 9.77. The minimum Gasteiger partial charge on any atom is -0.508 e. The second-order valence-corrected chi connectivity index (χ2v) is 7.77. The molecule has 3 atom stereocenters. The molecule has 3 N–H and O–H groups in total. The van der Waals surface area contributed by atoms with Gasteiger partial charge < -0.3 is 15.7 Å². The molecule has 2 rings (SSSR count). The van der Waals surface area contributed by atoms with Crippen LogP contribution in [0.4, 0.5) is 0 Å². The lowest BCUT2D eigenvalue weighted by Crippen LogP contribution is -2.50. The normalized spacial score (nSPS) is 28.0. The molecule has 0 saturated carbocycles. The summed E-state index contributed by atoms with van der Waals surface area (Å²) < 4.78 is 0. The first-order valence-corrected chi connectivity index (χ1v) is 8.58. The Bertz CT molecular complexity index is 488. The molecule has 0 unspecified atom stereocenters. The third kappa shape index (κ3) is 4.02. The van der Waals surface area contributed by atoms with Gasteiger partial charge in [-0.2, -0.15) is 0 Å². The number of phenols is 1. The second-order valence-electron chi connectivity index (χ2n) is 7.77. The van der Waals surface area contributed by atoms with Crippen LogP contribution in [0, 0.1) is 11.8 Å². The minimum atomic E-state index is 0.136. The molecule has 3 nitrogen and oxygen atoms in total. The third-order valence-electron chi connectivity index (χ3n) is 5.34. The van der Waals surface area contributed by atoms with Gasteiger partial charge in [0, 0.05) is 19.1 Å². The van der Waals surface area contributed by atoms with Crippen LogP contribution in [0.3, 0.4) is 0 Å². The Morgan fingerprint density at radius 2 is 2.14 bits per heavy atom. The van der Waals surface area contributed by atoms with E-state index in [0.717, 1.165) is 32.5 Å². The second kappa shape index (κ2) is 7.01. The van der Waals surface area contributed by atoms with Gasteiger partial charge in [0.15, 0.2) is 0 Å². The highest BCUT2D eigenvalue weighted by atomic mass is 16.3. The number of rotatable bonds is 5. The van der Waals surface area contributed by atoms with Crippen molar-refractivity contribution in [2.24, 2.45) is 17.6 Å². The van der Waals surface area contributed by atoms with E-state index in [0.29, 0.717) is 17.6 Å². The summed E-state index contributed by atoms with van der Waals surface area (Å²) in [5.74, 6) is 1.58. The minimum absolute atomic E-state index is 0.136. The zero-order valence-corrected chi connectivity index (χ0v) is 14.5. The van der Waals surface area contributed by atoms with Crippen LogP contribution in [-0.2, 0) is 5.41 Å². The van der Waals surface area contributed by atoms with E-state index in [-0.39, 0.29) is 11.5 Å². The van der Waals surface area contributed by atoms with Gasteiger partial charge in [0.05, 0.1) is 0 Å². The fourth-order valence-electron chi connectivity index (χ4n) is 3.78. The summed E-state index contributed by atoms with van der Waals surface area (Å²) in [5.41, 5.74) is 7.67. The highest BCUT2D eigenvalue weighted by Crippen LogP contribution is 2.40. The van der Waals surface area contributed by atoms with Crippen molar-refractivity contribution < 1.29 is 5.11 Å². The van der Waals surface area contributed by atoms with Crippen LogP contribution in [0.15, 0.2) is 24.3 Å². The van der Waals surface area contributed by atoms with Gasteiger partial charge in [0.25, 0.3) is 0 Å². The maximum absolute atomic E-state index is 9.77. The number of aromatic hydroxyl groups is 1. The average molecular weight is 304 g/mol. The lowest BCUT2D eigenvalue weighted by Gasteiger charge is -2.45. The Kier molecular flexibility index (Phi) is 5.51. The summed E-state index contributed by atoms with van der Waals surface area (Å²) >= 11 is 0. The molecule has 3 heteroatoms. The molecule has 1 aromatic rings. The maximum atomic E-state index is 9.77. The Labute approximate surface area is 135 Å². The van der Waals surface area contributed by atoms with Gasteiger partial charge >= 0.3 is 0 Å². The van der Waals surface area contributed by atoms with Crippen molar-refractivity contribution in [1.82, 2.24) is 4.90 Å². The monoisotopic (exact) mass is 304 g/mol. The zero-order chi connectivity index (χ0) is 16.3. The summed E-state index contributed by atoms with van der Waals surface area (Å²) in [6.45, 7) is 12.3. The van der Waals surface area contributed by atoms with E-state index >= 15 is 0 Å². The highest BCUT2D eigenvalue weighted by molar-refractivity contribution is 5.33. The molecule has 0 aromatic heterocycles. The number of nitrogens with zero attached hydrogens (tertiary/aromatic N) is 1. The SMILES string of the molecule is CC(C)C[C@H](N)CN1CC[C@@](C)(c2cccc(O)c2)[C@@H](C)C1. The summed E-state index contributed by atoms with van der Waals surface area (Å²) in [6.07, 6.45) is 2.21. The molecule has 1 heterocycles. The number of likely N-dealkylation sites (tertiary alicyclic amines) is 1. The van der Waals surface area contributed by atoms with Crippen molar-refractivity contribution in [2.45, 2.75) is 52.0 Å². The number of benzene rings is 1. The topological polar surface area (TPSA) is 49.5 Å². The molecular formula is C19H32N2O. The Morgan fingerprint density at radius 1 is 1.41 bits per heavy atom. The molecule has 0 aliphatic carbocycles. The Balaban J connectivity index is 2.00. The standard InChI is InChI=1S/C19H32N2O/c1-14(2)10-17(20)13-21-9-8-19(4,15(3)12-21)16-6-5-7-18(22)11-16/h5-7,11,14-15,17,22H,8-10,12-13,20H2,1-4H3/t15-,17-,19+/m0/s1. The predicted molar refractivity (Wildman–Crippen MR) is 93.1 cm³/mol. The van der Waals surface area contributed by atoms with Gasteiger partial charge in [-0.15, -0.1) is 0 Å². The third-order valence-corrected chi connectivity index (χ3v) is 5.34. The quantitative estimate of drug-likeness (QED) is 0.877. The summed E-state index contributed by atoms with van der Waals surface area (Å²) in [4.78, 5) is 2.52. The maximum Gasteiger partial charge on any atom is 0.115 e. The van der Waals surface area contributed by atoms with Crippen molar-refractivity contribution in [3.8, 4) is 5.75 Å². The van der Waals surface area contributed by atoms with Crippen molar-refractivity contribution in [3.05, 3.63) is 29.8 Å². The lowest BCUT2D eigenvalue weighted by molar-refractivity contribution is 0.103. The fourth-order valence-corrected chi connectivity index (χ4v) is 3.78. The number of phenolic OH excluding ortho intramolecular Hbond substituents is 1. The molecule has 0 bridgehead atoms. The van der Waals surface area contributed by atoms with Crippen molar-refractivity contribution in [2.75, 3.05) is 19.6 Å². The van der Waals surface area contributed by atoms with E-state index in [4.69, 9.17) is 5.73 Å². The summed E-state index contributed by atoms with van der Waals surface area (Å²) in [7, 11) is 0. The first-order chi connectivity index (χ1) is 10.3. The Hall–Kier alpha value is -1.06. The molecule has 0 radical (unpaired) electrons. The Morgan fingerprint density at radius 3 is 2.73 bits per heavy atom. The number of hydrogen-bond donors (Lipinski definition) is 2. The summed E-state index contributed by atoms with van der Waals surface area (Å²) in [6, 6.07) is 8.05. The van der Waals surface area contributed by atoms with Gasteiger partial charge in [0.2, 0.25) is 0 Å². The first-order valence-electron chi connectivity index (χ1n) is 8.58. The van der Waals surface area contributed by atoms with Gasteiger partial charge in [-0.25, -0.2) is 0 Å². The van der Waals surface area contributed by atoms with Crippen LogP contribution in [-0.4, -0.2) is 35.7 Å². The van der Waals surface area contributed by atoms with Gasteiger partial charge in [-0.1, -0.05) is 39.8 Å².